The van der Waals surface area contributed by atoms with E-state index in [0.717, 1.165) is 30.6 Å². The Hall–Kier alpha value is -1.56. The molecular weight excluding hydrogens is 288 g/mol. The minimum atomic E-state index is -0.357. The number of amides is 1. The average Bonchev–Trinajstić information content (AvgIpc) is 3.05. The van der Waals surface area contributed by atoms with Crippen molar-refractivity contribution in [3.8, 4) is 0 Å². The molecule has 2 rings (SSSR count). The summed E-state index contributed by atoms with van der Waals surface area (Å²) in [5.74, 6) is -0.0318. The van der Waals surface area contributed by atoms with Crippen molar-refractivity contribution in [3.05, 3.63) is 24.5 Å². The normalized spacial score (nSPS) is 14.9. The maximum Gasteiger partial charge on any atom is 0.325 e. The van der Waals surface area contributed by atoms with Crippen molar-refractivity contribution in [2.75, 3.05) is 19.4 Å². The molecule has 1 aliphatic carbocycles. The summed E-state index contributed by atoms with van der Waals surface area (Å²) in [5, 5.41) is 0. The van der Waals surface area contributed by atoms with Crippen LogP contribution in [0.3, 0.4) is 0 Å². The fraction of sp³-hybridized carbons (Fsp3) is 0.533. The first-order chi connectivity index (χ1) is 10.2. The summed E-state index contributed by atoms with van der Waals surface area (Å²) in [6.45, 7) is 0.0525. The molecule has 5 nitrogen and oxygen atoms in total. The predicted molar refractivity (Wildman–Crippen MR) is 80.9 cm³/mol. The maximum atomic E-state index is 12.4. The van der Waals surface area contributed by atoms with Crippen LogP contribution in [0.15, 0.2) is 29.4 Å². The summed E-state index contributed by atoms with van der Waals surface area (Å²) in [6.07, 6.45) is 7.59. The van der Waals surface area contributed by atoms with Gasteiger partial charge >= 0.3 is 5.97 Å². The highest BCUT2D eigenvalue weighted by Crippen LogP contribution is 2.25. The van der Waals surface area contributed by atoms with Gasteiger partial charge in [0.05, 0.1) is 12.9 Å². The molecule has 0 radical (unpaired) electrons. The molecule has 0 saturated heterocycles. The number of ether oxygens (including phenoxy) is 1. The van der Waals surface area contributed by atoms with Crippen LogP contribution >= 0.6 is 11.8 Å². The molecule has 0 bridgehead atoms. The van der Waals surface area contributed by atoms with Crippen molar-refractivity contribution in [1.29, 1.82) is 0 Å². The number of rotatable bonds is 6. The molecule has 0 N–H and O–H groups in total. The quantitative estimate of drug-likeness (QED) is 0.595. The molecular formula is C15H20N2O3S. The molecule has 6 heteroatoms. The van der Waals surface area contributed by atoms with E-state index in [4.69, 9.17) is 4.74 Å². The highest BCUT2D eigenvalue weighted by Gasteiger charge is 2.28. The van der Waals surface area contributed by atoms with Crippen LogP contribution in [-0.4, -0.2) is 47.2 Å². The Morgan fingerprint density at radius 1 is 1.33 bits per heavy atom. The van der Waals surface area contributed by atoms with Crippen LogP contribution in [0.2, 0.25) is 0 Å². The molecule has 1 aromatic heterocycles. The lowest BCUT2D eigenvalue weighted by molar-refractivity contribution is -0.147. The molecule has 0 aromatic carbocycles. The van der Waals surface area contributed by atoms with Gasteiger partial charge in [0.1, 0.15) is 6.54 Å². The second kappa shape index (κ2) is 8.02. The van der Waals surface area contributed by atoms with Crippen LogP contribution < -0.4 is 0 Å². The van der Waals surface area contributed by atoms with E-state index in [9.17, 15) is 9.59 Å². The number of esters is 1. The fourth-order valence-electron chi connectivity index (χ4n) is 2.50. The van der Waals surface area contributed by atoms with Gasteiger partial charge in [0.2, 0.25) is 5.91 Å². The SMILES string of the molecule is COC(=O)CN(C(=O)CSc1ccncc1)C1CCCC1. The van der Waals surface area contributed by atoms with Crippen LogP contribution in [0.5, 0.6) is 0 Å². The maximum absolute atomic E-state index is 12.4. The first-order valence-corrected chi connectivity index (χ1v) is 8.08. The lowest BCUT2D eigenvalue weighted by Gasteiger charge is -2.27. The first kappa shape index (κ1) is 15.8. The molecule has 1 aromatic rings. The van der Waals surface area contributed by atoms with Gasteiger partial charge in [0, 0.05) is 23.3 Å². The zero-order valence-electron chi connectivity index (χ0n) is 12.2. The number of nitrogens with zero attached hydrogens (tertiary/aromatic N) is 2. The van der Waals surface area contributed by atoms with Gasteiger partial charge in [-0.3, -0.25) is 14.6 Å². The number of aromatic nitrogens is 1. The largest absolute Gasteiger partial charge is 0.468 e. The van der Waals surface area contributed by atoms with Gasteiger partial charge < -0.3 is 9.64 Å². The van der Waals surface area contributed by atoms with Crippen LogP contribution in [-0.2, 0) is 14.3 Å². The molecule has 0 atom stereocenters. The standard InChI is InChI=1S/C15H20N2O3S/c1-20-15(19)10-17(12-4-2-3-5-12)14(18)11-21-13-6-8-16-9-7-13/h6-9,12H,2-5,10-11H2,1H3. The van der Waals surface area contributed by atoms with E-state index in [0.29, 0.717) is 5.75 Å². The van der Waals surface area contributed by atoms with Gasteiger partial charge in [-0.05, 0) is 25.0 Å². The molecule has 114 valence electrons. The molecule has 0 aliphatic heterocycles. The zero-order chi connectivity index (χ0) is 15.1. The van der Waals surface area contributed by atoms with Crippen molar-refractivity contribution in [2.24, 2.45) is 0 Å². The highest BCUT2D eigenvalue weighted by molar-refractivity contribution is 8.00. The van der Waals surface area contributed by atoms with E-state index in [1.165, 1.54) is 18.9 Å². The Bertz CT molecular complexity index is 475. The number of carbonyl (C=O) groups is 2. The van der Waals surface area contributed by atoms with E-state index < -0.39 is 0 Å². The van der Waals surface area contributed by atoms with Gasteiger partial charge in [0.25, 0.3) is 0 Å². The summed E-state index contributed by atoms with van der Waals surface area (Å²) < 4.78 is 4.71. The monoisotopic (exact) mass is 308 g/mol. The van der Waals surface area contributed by atoms with Crippen LogP contribution in [0.1, 0.15) is 25.7 Å². The number of carbonyl (C=O) groups excluding carboxylic acids is 2. The van der Waals surface area contributed by atoms with E-state index in [2.05, 4.69) is 4.98 Å². The Balaban J connectivity index is 1.94. The Morgan fingerprint density at radius 2 is 2.00 bits per heavy atom. The van der Waals surface area contributed by atoms with E-state index in [1.54, 1.807) is 17.3 Å². The molecule has 21 heavy (non-hydrogen) atoms. The lowest BCUT2D eigenvalue weighted by Crippen LogP contribution is -2.43. The van der Waals surface area contributed by atoms with E-state index >= 15 is 0 Å². The second-order valence-corrected chi connectivity index (χ2v) is 6.06. The number of pyridine rings is 1. The van der Waals surface area contributed by atoms with Crippen molar-refractivity contribution in [3.63, 3.8) is 0 Å². The minimum Gasteiger partial charge on any atom is -0.468 e. The molecule has 1 fully saturated rings. The van der Waals surface area contributed by atoms with Crippen molar-refractivity contribution in [1.82, 2.24) is 9.88 Å². The summed E-state index contributed by atoms with van der Waals surface area (Å²) in [6, 6.07) is 3.92. The second-order valence-electron chi connectivity index (χ2n) is 5.01. The van der Waals surface area contributed by atoms with Gasteiger partial charge in [-0.2, -0.15) is 0 Å². The topological polar surface area (TPSA) is 59.5 Å². The molecule has 1 heterocycles. The summed E-state index contributed by atoms with van der Waals surface area (Å²) in [4.78, 5) is 30.6. The Kier molecular flexibility index (Phi) is 6.04. The van der Waals surface area contributed by atoms with Crippen molar-refractivity contribution < 1.29 is 14.3 Å². The number of hydrogen-bond donors (Lipinski definition) is 0. The van der Waals surface area contributed by atoms with Gasteiger partial charge in [-0.25, -0.2) is 0 Å². The van der Waals surface area contributed by atoms with Gasteiger partial charge in [-0.1, -0.05) is 12.8 Å². The van der Waals surface area contributed by atoms with Crippen LogP contribution in [0.4, 0.5) is 0 Å². The average molecular weight is 308 g/mol. The highest BCUT2D eigenvalue weighted by atomic mass is 32.2. The number of hydrogen-bond acceptors (Lipinski definition) is 5. The van der Waals surface area contributed by atoms with E-state index in [-0.39, 0.29) is 24.5 Å². The van der Waals surface area contributed by atoms with Crippen molar-refractivity contribution in [2.45, 2.75) is 36.6 Å². The zero-order valence-corrected chi connectivity index (χ0v) is 13.0. The number of thioether (sulfide) groups is 1. The van der Waals surface area contributed by atoms with Crippen molar-refractivity contribution >= 4 is 23.6 Å². The number of methoxy groups -OCH3 is 1. The van der Waals surface area contributed by atoms with Crippen LogP contribution in [0.25, 0.3) is 0 Å². The smallest absolute Gasteiger partial charge is 0.325 e. The first-order valence-electron chi connectivity index (χ1n) is 7.10. The summed E-state index contributed by atoms with van der Waals surface area (Å²) in [7, 11) is 1.35. The molecule has 0 unspecified atom stereocenters. The van der Waals surface area contributed by atoms with Crippen LogP contribution in [0, 0.1) is 0 Å². The Morgan fingerprint density at radius 3 is 2.62 bits per heavy atom. The summed E-state index contributed by atoms with van der Waals surface area (Å²) >= 11 is 1.47. The molecule has 1 saturated carbocycles. The van der Waals surface area contributed by atoms with Gasteiger partial charge in [-0.15, -0.1) is 11.8 Å². The van der Waals surface area contributed by atoms with Gasteiger partial charge in [0.15, 0.2) is 0 Å². The fourth-order valence-corrected chi connectivity index (χ4v) is 3.27. The van der Waals surface area contributed by atoms with E-state index in [1.807, 2.05) is 12.1 Å². The molecule has 0 spiro atoms. The third-order valence-corrected chi connectivity index (χ3v) is 4.62. The summed E-state index contributed by atoms with van der Waals surface area (Å²) in [5.41, 5.74) is 0. The molecule has 1 aliphatic rings. The predicted octanol–water partition coefficient (Wildman–Crippen LogP) is 2.12. The third-order valence-electron chi connectivity index (χ3n) is 3.62. The lowest BCUT2D eigenvalue weighted by atomic mass is 10.2. The third kappa shape index (κ3) is 4.74. The molecule has 1 amide bonds. The minimum absolute atomic E-state index is 0.00545. The Labute approximate surface area is 129 Å².